The van der Waals surface area contributed by atoms with Gasteiger partial charge in [-0.25, -0.2) is 4.68 Å². The second-order valence-corrected chi connectivity index (χ2v) is 6.27. The molecule has 24 heavy (non-hydrogen) atoms. The van der Waals surface area contributed by atoms with Crippen LogP contribution in [0.4, 0.5) is 5.82 Å². The van der Waals surface area contributed by atoms with Gasteiger partial charge in [-0.3, -0.25) is 4.79 Å². The number of aryl methyl sites for hydroxylation is 2. The summed E-state index contributed by atoms with van der Waals surface area (Å²) in [5.74, 6) is 1.68. The van der Waals surface area contributed by atoms with Crippen LogP contribution >= 0.6 is 0 Å². The number of nitrogens with zero attached hydrogens (tertiary/aromatic N) is 5. The highest BCUT2D eigenvalue weighted by molar-refractivity contribution is 5.79. The lowest BCUT2D eigenvalue weighted by molar-refractivity contribution is -0.125. The van der Waals surface area contributed by atoms with Crippen LogP contribution in [0.3, 0.4) is 0 Å². The Balaban J connectivity index is 1.73. The van der Waals surface area contributed by atoms with Gasteiger partial charge < -0.3 is 10.2 Å². The Morgan fingerprint density at radius 3 is 2.67 bits per heavy atom. The Morgan fingerprint density at radius 2 is 2.04 bits per heavy atom. The van der Waals surface area contributed by atoms with Crippen LogP contribution in [0.25, 0.3) is 5.82 Å². The molecule has 128 valence electrons. The molecule has 7 nitrogen and oxygen atoms in total. The largest absolute Gasteiger partial charge is 0.356 e. The smallest absolute Gasteiger partial charge is 0.224 e. The van der Waals surface area contributed by atoms with Gasteiger partial charge in [0, 0.05) is 25.3 Å². The normalized spacial score (nSPS) is 17.8. The molecule has 1 unspecified atom stereocenters. The molecule has 0 aromatic carbocycles. The van der Waals surface area contributed by atoms with E-state index in [1.54, 1.807) is 4.68 Å². The molecular formula is C17H24N6O. The zero-order valence-corrected chi connectivity index (χ0v) is 14.5. The van der Waals surface area contributed by atoms with E-state index in [-0.39, 0.29) is 11.8 Å². The molecule has 3 heterocycles. The standard InChI is InChI=1S/C17H24N6O/c1-4-18-17(24)14-6-5-9-22(11-14)15-7-8-16(20-19-15)23-13(3)10-12(2)21-23/h7-8,10,14H,4-6,9,11H2,1-3H3,(H,18,24). The van der Waals surface area contributed by atoms with Gasteiger partial charge in [0.2, 0.25) is 5.91 Å². The van der Waals surface area contributed by atoms with Gasteiger partial charge in [0.1, 0.15) is 0 Å². The fourth-order valence-corrected chi connectivity index (χ4v) is 3.18. The number of carbonyl (C=O) groups is 1. The van der Waals surface area contributed by atoms with Crippen LogP contribution in [0.5, 0.6) is 0 Å². The van der Waals surface area contributed by atoms with E-state index in [9.17, 15) is 4.79 Å². The average Bonchev–Trinajstić information content (AvgIpc) is 2.94. The third-order valence-electron chi connectivity index (χ3n) is 4.33. The van der Waals surface area contributed by atoms with Gasteiger partial charge in [-0.05, 0) is 51.8 Å². The second kappa shape index (κ2) is 6.98. The second-order valence-electron chi connectivity index (χ2n) is 6.27. The molecule has 1 aliphatic heterocycles. The van der Waals surface area contributed by atoms with Gasteiger partial charge in [-0.2, -0.15) is 5.10 Å². The Bertz CT molecular complexity index is 708. The van der Waals surface area contributed by atoms with E-state index >= 15 is 0 Å². The van der Waals surface area contributed by atoms with Crippen molar-refractivity contribution in [3.63, 3.8) is 0 Å². The van der Waals surface area contributed by atoms with Gasteiger partial charge >= 0.3 is 0 Å². The monoisotopic (exact) mass is 328 g/mol. The quantitative estimate of drug-likeness (QED) is 0.923. The topological polar surface area (TPSA) is 75.9 Å². The molecule has 3 rings (SSSR count). The molecule has 0 radical (unpaired) electrons. The van der Waals surface area contributed by atoms with E-state index in [0.717, 1.165) is 36.6 Å². The van der Waals surface area contributed by atoms with Crippen molar-refractivity contribution in [3.8, 4) is 5.82 Å². The molecule has 7 heteroatoms. The van der Waals surface area contributed by atoms with Crippen molar-refractivity contribution in [2.75, 3.05) is 24.5 Å². The predicted octanol–water partition coefficient (Wildman–Crippen LogP) is 1.63. The molecule has 1 atom stereocenters. The van der Waals surface area contributed by atoms with E-state index in [1.807, 2.05) is 39.0 Å². The van der Waals surface area contributed by atoms with Gasteiger partial charge in [-0.1, -0.05) is 0 Å². The number of hydrogen-bond donors (Lipinski definition) is 1. The number of aromatic nitrogens is 4. The fourth-order valence-electron chi connectivity index (χ4n) is 3.18. The molecule has 0 spiro atoms. The molecule has 2 aromatic heterocycles. The zero-order valence-electron chi connectivity index (χ0n) is 14.5. The number of rotatable bonds is 4. The van der Waals surface area contributed by atoms with Crippen LogP contribution in [0.2, 0.25) is 0 Å². The summed E-state index contributed by atoms with van der Waals surface area (Å²) in [5.41, 5.74) is 1.99. The number of hydrogen-bond acceptors (Lipinski definition) is 5. The minimum atomic E-state index is 0.0242. The van der Waals surface area contributed by atoms with Crippen molar-refractivity contribution in [1.29, 1.82) is 0 Å². The lowest BCUT2D eigenvalue weighted by Crippen LogP contribution is -2.43. The molecule has 2 aromatic rings. The Kier molecular flexibility index (Phi) is 4.78. The van der Waals surface area contributed by atoms with Crippen LogP contribution < -0.4 is 10.2 Å². The van der Waals surface area contributed by atoms with Crippen molar-refractivity contribution < 1.29 is 4.79 Å². The summed E-state index contributed by atoms with van der Waals surface area (Å²) < 4.78 is 1.79. The summed E-state index contributed by atoms with van der Waals surface area (Å²) >= 11 is 0. The maximum atomic E-state index is 12.1. The molecule has 1 fully saturated rings. The molecular weight excluding hydrogens is 304 g/mol. The summed E-state index contributed by atoms with van der Waals surface area (Å²) in [7, 11) is 0. The third kappa shape index (κ3) is 3.39. The number of carbonyl (C=O) groups excluding carboxylic acids is 1. The first kappa shape index (κ1) is 16.4. The lowest BCUT2D eigenvalue weighted by Gasteiger charge is -2.32. The first-order chi connectivity index (χ1) is 11.6. The summed E-state index contributed by atoms with van der Waals surface area (Å²) in [6, 6.07) is 5.90. The van der Waals surface area contributed by atoms with Gasteiger partial charge in [-0.15, -0.1) is 10.2 Å². The van der Waals surface area contributed by atoms with E-state index in [2.05, 4.69) is 25.5 Å². The summed E-state index contributed by atoms with van der Waals surface area (Å²) in [5, 5.41) is 16.0. The van der Waals surface area contributed by atoms with Crippen LogP contribution in [0.15, 0.2) is 18.2 Å². The van der Waals surface area contributed by atoms with Crippen molar-refractivity contribution in [3.05, 3.63) is 29.6 Å². The van der Waals surface area contributed by atoms with Gasteiger partial charge in [0.15, 0.2) is 11.6 Å². The fraction of sp³-hybridized carbons (Fsp3) is 0.529. The first-order valence-electron chi connectivity index (χ1n) is 8.48. The van der Waals surface area contributed by atoms with Crippen LogP contribution in [-0.4, -0.2) is 45.5 Å². The predicted molar refractivity (Wildman–Crippen MR) is 92.2 cm³/mol. The molecule has 1 saturated heterocycles. The van der Waals surface area contributed by atoms with Crippen molar-refractivity contribution in [2.45, 2.75) is 33.6 Å². The highest BCUT2D eigenvalue weighted by Crippen LogP contribution is 2.22. The van der Waals surface area contributed by atoms with Gasteiger partial charge in [0.25, 0.3) is 0 Å². The van der Waals surface area contributed by atoms with Crippen LogP contribution in [0.1, 0.15) is 31.2 Å². The number of amides is 1. The third-order valence-corrected chi connectivity index (χ3v) is 4.33. The summed E-state index contributed by atoms with van der Waals surface area (Å²) in [4.78, 5) is 14.2. The average molecular weight is 328 g/mol. The Morgan fingerprint density at radius 1 is 1.29 bits per heavy atom. The van der Waals surface area contributed by atoms with Crippen molar-refractivity contribution in [1.82, 2.24) is 25.3 Å². The molecule has 1 amide bonds. The molecule has 1 aliphatic rings. The summed E-state index contributed by atoms with van der Waals surface area (Å²) in [6.07, 6.45) is 1.92. The minimum absolute atomic E-state index is 0.0242. The van der Waals surface area contributed by atoms with E-state index < -0.39 is 0 Å². The van der Waals surface area contributed by atoms with Crippen molar-refractivity contribution in [2.24, 2.45) is 5.92 Å². The van der Waals surface area contributed by atoms with Crippen LogP contribution in [-0.2, 0) is 4.79 Å². The van der Waals surface area contributed by atoms with E-state index in [4.69, 9.17) is 0 Å². The van der Waals surface area contributed by atoms with E-state index in [1.165, 1.54) is 0 Å². The van der Waals surface area contributed by atoms with E-state index in [0.29, 0.717) is 18.9 Å². The SMILES string of the molecule is CCNC(=O)C1CCCN(c2ccc(-n3nc(C)cc3C)nn2)C1. The number of anilines is 1. The number of nitrogens with one attached hydrogen (secondary N) is 1. The molecule has 0 bridgehead atoms. The molecule has 0 saturated carbocycles. The highest BCUT2D eigenvalue weighted by atomic mass is 16.1. The Hall–Kier alpha value is -2.44. The maximum Gasteiger partial charge on any atom is 0.224 e. The lowest BCUT2D eigenvalue weighted by atomic mass is 9.97. The van der Waals surface area contributed by atoms with Crippen LogP contribution in [0, 0.1) is 19.8 Å². The van der Waals surface area contributed by atoms with Gasteiger partial charge in [0.05, 0.1) is 11.6 Å². The zero-order chi connectivity index (χ0) is 17.1. The first-order valence-corrected chi connectivity index (χ1v) is 8.48. The van der Waals surface area contributed by atoms with Crippen molar-refractivity contribution >= 4 is 11.7 Å². The highest BCUT2D eigenvalue weighted by Gasteiger charge is 2.26. The maximum absolute atomic E-state index is 12.1. The Labute approximate surface area is 142 Å². The molecule has 1 N–H and O–H groups in total. The molecule has 0 aliphatic carbocycles. The number of piperidine rings is 1. The minimum Gasteiger partial charge on any atom is -0.356 e. The summed E-state index contributed by atoms with van der Waals surface area (Å²) in [6.45, 7) is 8.18.